The molecule has 1 amide bonds. The van der Waals surface area contributed by atoms with E-state index < -0.39 is 11.7 Å². The molecule has 3 N–H and O–H groups in total. The summed E-state index contributed by atoms with van der Waals surface area (Å²) in [6.45, 7) is 0.463. The fraction of sp³-hybridized carbons (Fsp3) is 0.250. The van der Waals surface area contributed by atoms with E-state index in [0.29, 0.717) is 12.1 Å². The molecule has 0 unspecified atom stereocenters. The first-order chi connectivity index (χ1) is 6.18. The van der Waals surface area contributed by atoms with Crippen molar-refractivity contribution in [2.45, 2.75) is 6.54 Å². The van der Waals surface area contributed by atoms with E-state index in [1.807, 2.05) is 0 Å². The number of hydrogen-bond donors (Lipinski definition) is 2. The van der Waals surface area contributed by atoms with Crippen LogP contribution in [-0.4, -0.2) is 17.4 Å². The zero-order chi connectivity index (χ0) is 9.68. The van der Waals surface area contributed by atoms with Crippen molar-refractivity contribution in [2.75, 3.05) is 6.54 Å². The Kier molecular flexibility index (Phi) is 3.33. The van der Waals surface area contributed by atoms with Crippen molar-refractivity contribution < 1.29 is 9.18 Å². The average molecular weight is 183 g/mol. The standard InChI is InChI=1S/C8H10FN3O/c9-7-1-6(2-11-4-7)3-12-5-8(10)13/h1-2,4,12H,3,5H2,(H2,10,13). The number of nitrogens with zero attached hydrogens (tertiary/aromatic N) is 1. The fourth-order valence-electron chi connectivity index (χ4n) is 0.883. The zero-order valence-corrected chi connectivity index (χ0v) is 6.96. The van der Waals surface area contributed by atoms with Crippen molar-refractivity contribution in [2.24, 2.45) is 5.73 Å². The monoisotopic (exact) mass is 183 g/mol. The van der Waals surface area contributed by atoms with Gasteiger partial charge < -0.3 is 11.1 Å². The molecule has 0 fully saturated rings. The van der Waals surface area contributed by atoms with E-state index in [0.717, 1.165) is 6.20 Å². The van der Waals surface area contributed by atoms with Crippen molar-refractivity contribution in [3.05, 3.63) is 29.8 Å². The lowest BCUT2D eigenvalue weighted by Gasteiger charge is -2.01. The van der Waals surface area contributed by atoms with Crippen LogP contribution >= 0.6 is 0 Å². The Morgan fingerprint density at radius 1 is 1.62 bits per heavy atom. The van der Waals surface area contributed by atoms with Gasteiger partial charge >= 0.3 is 0 Å². The Bertz CT molecular complexity index is 303. The Hall–Kier alpha value is -1.49. The lowest BCUT2D eigenvalue weighted by Crippen LogP contribution is -2.28. The second-order valence-electron chi connectivity index (χ2n) is 2.58. The van der Waals surface area contributed by atoms with E-state index >= 15 is 0 Å². The number of primary amides is 1. The van der Waals surface area contributed by atoms with Gasteiger partial charge in [-0.1, -0.05) is 0 Å². The van der Waals surface area contributed by atoms with Gasteiger partial charge in [0, 0.05) is 12.7 Å². The lowest BCUT2D eigenvalue weighted by atomic mass is 10.3. The second-order valence-corrected chi connectivity index (χ2v) is 2.58. The highest BCUT2D eigenvalue weighted by molar-refractivity contribution is 5.75. The van der Waals surface area contributed by atoms with Crippen LogP contribution in [0.15, 0.2) is 18.5 Å². The molecule has 1 aromatic rings. The predicted molar refractivity (Wildman–Crippen MR) is 45.1 cm³/mol. The van der Waals surface area contributed by atoms with Gasteiger partial charge in [0.1, 0.15) is 5.82 Å². The van der Waals surface area contributed by atoms with Gasteiger partial charge in [-0.2, -0.15) is 0 Å². The van der Waals surface area contributed by atoms with Gasteiger partial charge in [-0.3, -0.25) is 9.78 Å². The van der Waals surface area contributed by atoms with Crippen LogP contribution in [0.5, 0.6) is 0 Å². The van der Waals surface area contributed by atoms with E-state index in [1.54, 1.807) is 0 Å². The van der Waals surface area contributed by atoms with Gasteiger partial charge in [0.05, 0.1) is 12.7 Å². The molecule has 1 aromatic heterocycles. The lowest BCUT2D eigenvalue weighted by molar-refractivity contribution is -0.117. The van der Waals surface area contributed by atoms with Crippen LogP contribution in [0.4, 0.5) is 4.39 Å². The molecule has 0 atom stereocenters. The minimum Gasteiger partial charge on any atom is -0.369 e. The molecule has 0 aliphatic heterocycles. The highest BCUT2D eigenvalue weighted by atomic mass is 19.1. The van der Waals surface area contributed by atoms with Crippen molar-refractivity contribution in [1.29, 1.82) is 0 Å². The van der Waals surface area contributed by atoms with Gasteiger partial charge in [0.2, 0.25) is 5.91 Å². The molecule has 0 aliphatic carbocycles. The third-order valence-electron chi connectivity index (χ3n) is 1.39. The summed E-state index contributed by atoms with van der Waals surface area (Å²) < 4.78 is 12.6. The number of nitrogens with two attached hydrogens (primary N) is 1. The zero-order valence-electron chi connectivity index (χ0n) is 6.96. The van der Waals surface area contributed by atoms with E-state index in [4.69, 9.17) is 5.73 Å². The molecule has 5 heteroatoms. The summed E-state index contributed by atoms with van der Waals surface area (Å²) in [4.78, 5) is 14.0. The van der Waals surface area contributed by atoms with Gasteiger partial charge in [-0.05, 0) is 11.6 Å². The number of carbonyl (C=O) groups is 1. The van der Waals surface area contributed by atoms with E-state index in [2.05, 4.69) is 10.3 Å². The number of aromatic nitrogens is 1. The fourth-order valence-corrected chi connectivity index (χ4v) is 0.883. The number of rotatable bonds is 4. The molecular weight excluding hydrogens is 173 g/mol. The van der Waals surface area contributed by atoms with Crippen molar-refractivity contribution in [1.82, 2.24) is 10.3 Å². The SMILES string of the molecule is NC(=O)CNCc1cncc(F)c1. The first-order valence-corrected chi connectivity index (χ1v) is 3.77. The Morgan fingerprint density at radius 2 is 2.38 bits per heavy atom. The molecule has 0 spiro atoms. The largest absolute Gasteiger partial charge is 0.369 e. The van der Waals surface area contributed by atoms with Crippen LogP contribution in [0.1, 0.15) is 5.56 Å². The Morgan fingerprint density at radius 3 is 3.00 bits per heavy atom. The number of pyridine rings is 1. The van der Waals surface area contributed by atoms with Gasteiger partial charge in [-0.15, -0.1) is 0 Å². The van der Waals surface area contributed by atoms with Gasteiger partial charge in [0.25, 0.3) is 0 Å². The second kappa shape index (κ2) is 4.51. The molecule has 0 bridgehead atoms. The Labute approximate surface area is 75.0 Å². The molecule has 1 rings (SSSR count). The van der Waals surface area contributed by atoms with Crippen molar-refractivity contribution in [3.8, 4) is 0 Å². The molecule has 0 radical (unpaired) electrons. The van der Waals surface area contributed by atoms with E-state index in [-0.39, 0.29) is 6.54 Å². The molecule has 13 heavy (non-hydrogen) atoms. The first kappa shape index (κ1) is 9.60. The molecule has 1 heterocycles. The minimum atomic E-state index is -0.440. The smallest absolute Gasteiger partial charge is 0.231 e. The van der Waals surface area contributed by atoms with Crippen molar-refractivity contribution >= 4 is 5.91 Å². The van der Waals surface area contributed by atoms with Gasteiger partial charge in [0.15, 0.2) is 0 Å². The molecule has 0 saturated heterocycles. The summed E-state index contributed by atoms with van der Waals surface area (Å²) in [5.74, 6) is -0.831. The van der Waals surface area contributed by atoms with Crippen molar-refractivity contribution in [3.63, 3.8) is 0 Å². The van der Waals surface area contributed by atoms with Crippen LogP contribution in [0, 0.1) is 5.82 Å². The summed E-state index contributed by atoms with van der Waals surface area (Å²) in [5, 5.41) is 2.75. The first-order valence-electron chi connectivity index (χ1n) is 3.77. The van der Waals surface area contributed by atoms with Crippen LogP contribution in [0.3, 0.4) is 0 Å². The molecule has 0 saturated carbocycles. The third kappa shape index (κ3) is 3.62. The topological polar surface area (TPSA) is 68.0 Å². The summed E-state index contributed by atoms with van der Waals surface area (Å²) >= 11 is 0. The highest BCUT2D eigenvalue weighted by Crippen LogP contribution is 1.99. The van der Waals surface area contributed by atoms with E-state index in [1.165, 1.54) is 12.3 Å². The Balaban J connectivity index is 2.41. The quantitative estimate of drug-likeness (QED) is 0.679. The third-order valence-corrected chi connectivity index (χ3v) is 1.39. The van der Waals surface area contributed by atoms with Gasteiger partial charge in [-0.25, -0.2) is 4.39 Å². The number of nitrogens with one attached hydrogen (secondary N) is 1. The normalized spacial score (nSPS) is 9.92. The summed E-state index contributed by atoms with van der Waals surface area (Å²) in [5.41, 5.74) is 5.58. The molecular formula is C8H10FN3O. The maximum Gasteiger partial charge on any atom is 0.231 e. The highest BCUT2D eigenvalue weighted by Gasteiger charge is 1.96. The van der Waals surface area contributed by atoms with Crippen LogP contribution in [0.25, 0.3) is 0 Å². The average Bonchev–Trinajstić information content (AvgIpc) is 2.03. The number of carbonyl (C=O) groups excluding carboxylic acids is 1. The summed E-state index contributed by atoms with van der Waals surface area (Å²) in [6, 6.07) is 1.35. The molecule has 0 aromatic carbocycles. The summed E-state index contributed by atoms with van der Waals surface area (Å²) in [7, 11) is 0. The molecule has 70 valence electrons. The number of hydrogen-bond acceptors (Lipinski definition) is 3. The molecule has 0 aliphatic rings. The van der Waals surface area contributed by atoms with E-state index in [9.17, 15) is 9.18 Å². The van der Waals surface area contributed by atoms with Crippen LogP contribution in [-0.2, 0) is 11.3 Å². The summed E-state index contributed by atoms with van der Waals surface area (Å²) in [6.07, 6.45) is 2.65. The van der Waals surface area contributed by atoms with Crippen LogP contribution < -0.4 is 11.1 Å². The minimum absolute atomic E-state index is 0.0799. The van der Waals surface area contributed by atoms with Crippen LogP contribution in [0.2, 0.25) is 0 Å². The maximum absolute atomic E-state index is 12.6. The molecule has 4 nitrogen and oxygen atoms in total. The number of halogens is 1. The number of amides is 1. The predicted octanol–water partition coefficient (Wildman–Crippen LogP) is -0.204. The maximum atomic E-state index is 12.6.